The third-order valence-electron chi connectivity index (χ3n) is 5.49. The fraction of sp³-hybridized carbons (Fsp3) is 0.458. The van der Waals surface area contributed by atoms with E-state index in [2.05, 4.69) is 35.5 Å². The molecular weight excluding hydrogens is 400 g/mol. The van der Waals surface area contributed by atoms with Gasteiger partial charge < -0.3 is 14.2 Å². The highest BCUT2D eigenvalue weighted by Gasteiger charge is 2.16. The molecule has 1 aromatic carbocycles. The summed E-state index contributed by atoms with van der Waals surface area (Å²) in [5, 5.41) is 0.713. The first-order valence-corrected chi connectivity index (χ1v) is 11.2. The highest BCUT2D eigenvalue weighted by Crippen LogP contribution is 2.35. The van der Waals surface area contributed by atoms with Crippen LogP contribution in [0.4, 0.5) is 0 Å². The van der Waals surface area contributed by atoms with Gasteiger partial charge in [-0.05, 0) is 61.9 Å². The zero-order chi connectivity index (χ0) is 20.9. The lowest BCUT2D eigenvalue weighted by molar-refractivity contribution is -0.165. The molecule has 1 aliphatic heterocycles. The first-order chi connectivity index (χ1) is 14.7. The molecule has 0 radical (unpaired) electrons. The number of imidazole rings is 1. The summed E-state index contributed by atoms with van der Waals surface area (Å²) in [5.74, 6) is 0.845. The van der Waals surface area contributed by atoms with Gasteiger partial charge in [-0.25, -0.2) is 4.98 Å². The van der Waals surface area contributed by atoms with Crippen LogP contribution in [0.25, 0.3) is 16.9 Å². The lowest BCUT2D eigenvalue weighted by Crippen LogP contribution is -2.24. The number of pyridine rings is 1. The summed E-state index contributed by atoms with van der Waals surface area (Å²) in [4.78, 5) is 4.67. The van der Waals surface area contributed by atoms with Crippen molar-refractivity contribution in [2.75, 3.05) is 19.8 Å². The van der Waals surface area contributed by atoms with Gasteiger partial charge in [-0.1, -0.05) is 31.5 Å². The second kappa shape index (κ2) is 9.82. The number of halogens is 1. The van der Waals surface area contributed by atoms with E-state index in [0.717, 1.165) is 72.6 Å². The average Bonchev–Trinajstić information content (AvgIpc) is 3.21. The van der Waals surface area contributed by atoms with Crippen LogP contribution in [-0.4, -0.2) is 35.5 Å². The molecule has 0 N–H and O–H groups in total. The first kappa shape index (κ1) is 21.2. The van der Waals surface area contributed by atoms with Crippen molar-refractivity contribution in [2.24, 2.45) is 0 Å². The van der Waals surface area contributed by atoms with Gasteiger partial charge in [0.2, 0.25) is 0 Å². The number of hydrogen-bond acceptors (Lipinski definition) is 4. The van der Waals surface area contributed by atoms with Gasteiger partial charge in [-0.3, -0.25) is 4.40 Å². The van der Waals surface area contributed by atoms with E-state index in [-0.39, 0.29) is 6.29 Å². The Balaban J connectivity index is 1.55. The minimum atomic E-state index is -0.0969. The number of ether oxygens (including phenoxy) is 3. The van der Waals surface area contributed by atoms with Gasteiger partial charge in [0.1, 0.15) is 18.0 Å². The summed E-state index contributed by atoms with van der Waals surface area (Å²) in [5.41, 5.74) is 5.01. The van der Waals surface area contributed by atoms with Crippen LogP contribution in [0.3, 0.4) is 0 Å². The number of rotatable bonds is 8. The van der Waals surface area contributed by atoms with Crippen molar-refractivity contribution in [1.29, 1.82) is 0 Å². The Morgan fingerprint density at radius 3 is 2.83 bits per heavy atom. The van der Waals surface area contributed by atoms with E-state index in [1.807, 2.05) is 24.3 Å². The molecule has 1 aliphatic rings. The van der Waals surface area contributed by atoms with E-state index >= 15 is 0 Å². The fourth-order valence-corrected chi connectivity index (χ4v) is 4.11. The molecule has 6 heteroatoms. The normalized spacial score (nSPS) is 16.8. The number of nitrogens with zero attached hydrogens (tertiary/aromatic N) is 2. The van der Waals surface area contributed by atoms with Crippen LogP contribution in [-0.2, 0) is 22.3 Å². The zero-order valence-electron chi connectivity index (χ0n) is 17.7. The number of aryl methyl sites for hydroxylation is 2. The van der Waals surface area contributed by atoms with Crippen molar-refractivity contribution in [3.63, 3.8) is 0 Å². The van der Waals surface area contributed by atoms with Gasteiger partial charge >= 0.3 is 0 Å². The van der Waals surface area contributed by atoms with Crippen LogP contribution in [0.1, 0.15) is 44.4 Å². The van der Waals surface area contributed by atoms with Crippen LogP contribution in [0.5, 0.6) is 5.75 Å². The summed E-state index contributed by atoms with van der Waals surface area (Å²) in [6, 6.07) is 10.1. The van der Waals surface area contributed by atoms with Crippen molar-refractivity contribution < 1.29 is 14.2 Å². The second-order valence-corrected chi connectivity index (χ2v) is 7.94. The van der Waals surface area contributed by atoms with E-state index in [0.29, 0.717) is 18.2 Å². The number of hydrogen-bond donors (Lipinski definition) is 0. The number of benzene rings is 1. The first-order valence-electron chi connectivity index (χ1n) is 10.9. The highest BCUT2D eigenvalue weighted by atomic mass is 35.5. The van der Waals surface area contributed by atoms with Gasteiger partial charge in [0.05, 0.1) is 23.0 Å². The number of aromatic nitrogens is 2. The Labute approximate surface area is 182 Å². The number of fused-ring (bicyclic) bond motifs is 1. The van der Waals surface area contributed by atoms with E-state index < -0.39 is 0 Å². The monoisotopic (exact) mass is 428 g/mol. The molecule has 30 heavy (non-hydrogen) atoms. The fourth-order valence-electron chi connectivity index (χ4n) is 3.83. The predicted molar refractivity (Wildman–Crippen MR) is 119 cm³/mol. The SMILES string of the molecule is CCc1cn2c(-c3cc(OCCOC4CCCCO4)c(CC)cc3Cl)cccc2n1. The maximum absolute atomic E-state index is 6.69. The molecule has 1 saturated heterocycles. The van der Waals surface area contributed by atoms with Gasteiger partial charge in [-0.2, -0.15) is 0 Å². The molecule has 2 aromatic heterocycles. The molecule has 0 aliphatic carbocycles. The highest BCUT2D eigenvalue weighted by molar-refractivity contribution is 6.33. The predicted octanol–water partition coefficient (Wildman–Crippen LogP) is 5.70. The topological polar surface area (TPSA) is 45.0 Å². The minimum absolute atomic E-state index is 0.0969. The lowest BCUT2D eigenvalue weighted by atomic mass is 10.0. The van der Waals surface area contributed by atoms with E-state index in [1.54, 1.807) is 0 Å². The summed E-state index contributed by atoms with van der Waals surface area (Å²) in [6.07, 6.45) is 6.95. The van der Waals surface area contributed by atoms with Gasteiger partial charge in [-0.15, -0.1) is 0 Å². The quantitative estimate of drug-likeness (QED) is 0.431. The smallest absolute Gasteiger partial charge is 0.157 e. The molecule has 3 aromatic rings. The van der Waals surface area contributed by atoms with Crippen molar-refractivity contribution in [3.8, 4) is 17.0 Å². The van der Waals surface area contributed by atoms with E-state index in [1.165, 1.54) is 0 Å². The van der Waals surface area contributed by atoms with Crippen molar-refractivity contribution in [3.05, 3.63) is 52.8 Å². The van der Waals surface area contributed by atoms with Crippen molar-refractivity contribution in [1.82, 2.24) is 9.38 Å². The summed E-state index contributed by atoms with van der Waals surface area (Å²) < 4.78 is 19.6. The molecule has 1 unspecified atom stereocenters. The second-order valence-electron chi connectivity index (χ2n) is 7.53. The van der Waals surface area contributed by atoms with Crippen LogP contribution in [0, 0.1) is 0 Å². The molecule has 1 fully saturated rings. The molecular formula is C24H29ClN2O3. The van der Waals surface area contributed by atoms with Crippen molar-refractivity contribution in [2.45, 2.75) is 52.2 Å². The maximum Gasteiger partial charge on any atom is 0.157 e. The molecule has 5 nitrogen and oxygen atoms in total. The Morgan fingerprint density at radius 1 is 1.17 bits per heavy atom. The molecule has 0 saturated carbocycles. The molecule has 0 spiro atoms. The van der Waals surface area contributed by atoms with Crippen LogP contribution in [0.2, 0.25) is 5.02 Å². The third-order valence-corrected chi connectivity index (χ3v) is 5.81. The maximum atomic E-state index is 6.69. The molecule has 4 rings (SSSR count). The van der Waals surface area contributed by atoms with E-state index in [9.17, 15) is 0 Å². The summed E-state index contributed by atoms with van der Waals surface area (Å²) in [6.45, 7) is 5.98. The molecule has 0 amide bonds. The van der Waals surface area contributed by atoms with Crippen LogP contribution >= 0.6 is 11.6 Å². The lowest BCUT2D eigenvalue weighted by Gasteiger charge is -2.23. The van der Waals surface area contributed by atoms with Gasteiger partial charge in [0, 0.05) is 18.4 Å². The average molecular weight is 429 g/mol. The van der Waals surface area contributed by atoms with Crippen LogP contribution in [0.15, 0.2) is 36.5 Å². The van der Waals surface area contributed by atoms with Gasteiger partial charge in [0.15, 0.2) is 6.29 Å². The molecule has 3 heterocycles. The summed E-state index contributed by atoms with van der Waals surface area (Å²) in [7, 11) is 0. The molecule has 0 bridgehead atoms. The standard InChI is InChI=1S/C24H29ClN2O3/c1-3-17-14-20(25)19(21-8-7-9-23-26-18(4-2)16-27(21)23)15-22(17)28-12-13-30-24-10-5-6-11-29-24/h7-9,14-16,24H,3-6,10-13H2,1-2H3. The Kier molecular flexibility index (Phi) is 6.93. The summed E-state index contributed by atoms with van der Waals surface area (Å²) >= 11 is 6.69. The molecule has 1 atom stereocenters. The van der Waals surface area contributed by atoms with Crippen molar-refractivity contribution >= 4 is 17.2 Å². The Hall–Kier alpha value is -2.08. The largest absolute Gasteiger partial charge is 0.491 e. The molecule has 160 valence electrons. The third kappa shape index (κ3) is 4.64. The minimum Gasteiger partial charge on any atom is -0.491 e. The van der Waals surface area contributed by atoms with E-state index in [4.69, 9.17) is 25.8 Å². The Bertz CT molecular complexity index is 996. The zero-order valence-corrected chi connectivity index (χ0v) is 18.5. The Morgan fingerprint density at radius 2 is 2.07 bits per heavy atom. The van der Waals surface area contributed by atoms with Gasteiger partial charge in [0.25, 0.3) is 0 Å². The van der Waals surface area contributed by atoms with Crippen LogP contribution < -0.4 is 4.74 Å².